The molecule has 1 aliphatic carbocycles. The zero-order chi connectivity index (χ0) is 12.3. The third-order valence-electron chi connectivity index (χ3n) is 3.08. The molecule has 1 aromatic rings. The van der Waals surface area contributed by atoms with Gasteiger partial charge in [0.2, 0.25) is 0 Å². The Balaban J connectivity index is 1.98. The van der Waals surface area contributed by atoms with Crippen LogP contribution in [-0.4, -0.2) is 24.6 Å². The molecule has 96 valence electrons. The van der Waals surface area contributed by atoms with Gasteiger partial charge in [0.05, 0.1) is 5.69 Å². The first-order valence-corrected chi connectivity index (χ1v) is 6.56. The van der Waals surface area contributed by atoms with Crippen molar-refractivity contribution in [2.75, 3.05) is 18.5 Å². The van der Waals surface area contributed by atoms with Crippen LogP contribution in [0.2, 0.25) is 0 Å². The smallest absolute Gasteiger partial charge is 0.297 e. The zero-order valence-electron chi connectivity index (χ0n) is 11.1. The van der Waals surface area contributed by atoms with Crippen LogP contribution in [0.5, 0.6) is 0 Å². The minimum Gasteiger partial charge on any atom is -0.432 e. The largest absolute Gasteiger partial charge is 0.432 e. The van der Waals surface area contributed by atoms with E-state index in [4.69, 9.17) is 4.42 Å². The number of nitrogens with zero attached hydrogens (tertiary/aromatic N) is 2. The first kappa shape index (κ1) is 12.4. The van der Waals surface area contributed by atoms with Gasteiger partial charge in [-0.2, -0.15) is 4.98 Å². The van der Waals surface area contributed by atoms with Crippen LogP contribution in [0.25, 0.3) is 0 Å². The fourth-order valence-corrected chi connectivity index (χ4v) is 1.91. The van der Waals surface area contributed by atoms with E-state index < -0.39 is 0 Å². The minimum absolute atomic E-state index is 0.662. The average Bonchev–Trinajstić information content (AvgIpc) is 3.00. The fourth-order valence-electron chi connectivity index (χ4n) is 1.91. The van der Waals surface area contributed by atoms with Crippen LogP contribution in [0.4, 0.5) is 6.01 Å². The molecule has 0 bridgehead atoms. The normalized spacial score (nSPS) is 15.5. The molecule has 0 unspecified atom stereocenters. The summed E-state index contributed by atoms with van der Waals surface area (Å²) in [4.78, 5) is 6.87. The van der Waals surface area contributed by atoms with E-state index in [1.807, 2.05) is 7.05 Å². The molecule has 2 rings (SSSR count). The van der Waals surface area contributed by atoms with Crippen LogP contribution in [0.1, 0.15) is 38.8 Å². The van der Waals surface area contributed by atoms with Crippen LogP contribution in [0, 0.1) is 5.92 Å². The van der Waals surface area contributed by atoms with Gasteiger partial charge >= 0.3 is 0 Å². The van der Waals surface area contributed by atoms with Gasteiger partial charge < -0.3 is 14.6 Å². The molecule has 0 aliphatic heterocycles. The van der Waals surface area contributed by atoms with Gasteiger partial charge in [0, 0.05) is 19.1 Å². The van der Waals surface area contributed by atoms with E-state index in [9.17, 15) is 0 Å². The van der Waals surface area contributed by atoms with Gasteiger partial charge in [-0.05, 0) is 32.2 Å². The summed E-state index contributed by atoms with van der Waals surface area (Å²) in [6.07, 6.45) is 5.51. The van der Waals surface area contributed by atoms with Crippen LogP contribution in [0.3, 0.4) is 0 Å². The zero-order valence-corrected chi connectivity index (χ0v) is 11.1. The molecule has 1 aromatic heterocycles. The second-order valence-electron chi connectivity index (χ2n) is 5.26. The lowest BCUT2D eigenvalue weighted by molar-refractivity contribution is 0.503. The first-order valence-electron chi connectivity index (χ1n) is 6.56. The molecule has 0 spiro atoms. The minimum atomic E-state index is 0.662. The van der Waals surface area contributed by atoms with Crippen molar-refractivity contribution in [1.29, 1.82) is 0 Å². The van der Waals surface area contributed by atoms with Crippen LogP contribution < -0.4 is 10.2 Å². The van der Waals surface area contributed by atoms with Crippen LogP contribution >= 0.6 is 0 Å². The molecule has 4 heteroatoms. The summed E-state index contributed by atoms with van der Waals surface area (Å²) in [6, 6.07) is 1.47. The summed E-state index contributed by atoms with van der Waals surface area (Å²) < 4.78 is 5.59. The van der Waals surface area contributed by atoms with E-state index in [1.54, 1.807) is 6.26 Å². The van der Waals surface area contributed by atoms with E-state index in [0.717, 1.165) is 30.7 Å². The Morgan fingerprint density at radius 3 is 2.88 bits per heavy atom. The van der Waals surface area contributed by atoms with Gasteiger partial charge in [-0.25, -0.2) is 0 Å². The highest BCUT2D eigenvalue weighted by Crippen LogP contribution is 2.31. The number of nitrogens with one attached hydrogen (secondary N) is 1. The highest BCUT2D eigenvalue weighted by molar-refractivity contribution is 5.31. The maximum Gasteiger partial charge on any atom is 0.297 e. The summed E-state index contributed by atoms with van der Waals surface area (Å²) in [7, 11) is 1.92. The molecule has 4 nitrogen and oxygen atoms in total. The standard InChI is InChI=1S/C13H23N3O/c1-10(2)6-7-16(12-4-5-12)13-15-11(8-14-3)9-17-13/h9-10,12,14H,4-8H2,1-3H3. The van der Waals surface area contributed by atoms with Crippen LogP contribution in [-0.2, 0) is 6.54 Å². The van der Waals surface area contributed by atoms with Crippen molar-refractivity contribution in [1.82, 2.24) is 10.3 Å². The van der Waals surface area contributed by atoms with Crippen LogP contribution in [0.15, 0.2) is 10.7 Å². The molecule has 0 radical (unpaired) electrons. The SMILES string of the molecule is CNCc1coc(N(CCC(C)C)C2CC2)n1. The number of hydrogen-bond donors (Lipinski definition) is 1. The van der Waals surface area contributed by atoms with E-state index >= 15 is 0 Å². The Bertz CT molecular complexity index is 344. The maximum atomic E-state index is 5.59. The third kappa shape index (κ3) is 3.46. The molecular formula is C13H23N3O. The number of rotatable bonds is 7. The molecule has 1 aliphatic rings. The number of oxazole rings is 1. The van der Waals surface area contributed by atoms with Crippen molar-refractivity contribution in [3.05, 3.63) is 12.0 Å². The lowest BCUT2D eigenvalue weighted by atomic mass is 10.1. The molecule has 0 atom stereocenters. The summed E-state index contributed by atoms with van der Waals surface area (Å²) in [5.74, 6) is 0.725. The Morgan fingerprint density at radius 2 is 2.29 bits per heavy atom. The van der Waals surface area contributed by atoms with Gasteiger partial charge in [0.15, 0.2) is 0 Å². The molecule has 1 fully saturated rings. The summed E-state index contributed by atoms with van der Waals surface area (Å²) >= 11 is 0. The van der Waals surface area contributed by atoms with E-state index in [0.29, 0.717) is 6.04 Å². The predicted octanol–water partition coefficient (Wildman–Crippen LogP) is 2.41. The highest BCUT2D eigenvalue weighted by atomic mass is 16.4. The second kappa shape index (κ2) is 5.54. The average molecular weight is 237 g/mol. The Labute approximate surface area is 103 Å². The van der Waals surface area contributed by atoms with Crippen molar-refractivity contribution < 1.29 is 4.42 Å². The van der Waals surface area contributed by atoms with Gasteiger partial charge in [0.25, 0.3) is 6.01 Å². The molecule has 0 saturated heterocycles. The molecule has 17 heavy (non-hydrogen) atoms. The predicted molar refractivity (Wildman–Crippen MR) is 69.1 cm³/mol. The van der Waals surface area contributed by atoms with E-state index in [-0.39, 0.29) is 0 Å². The quantitative estimate of drug-likeness (QED) is 0.790. The lowest BCUT2D eigenvalue weighted by Crippen LogP contribution is -2.28. The van der Waals surface area contributed by atoms with Gasteiger partial charge in [-0.1, -0.05) is 13.8 Å². The van der Waals surface area contributed by atoms with Gasteiger partial charge in [-0.15, -0.1) is 0 Å². The first-order chi connectivity index (χ1) is 8.20. The second-order valence-corrected chi connectivity index (χ2v) is 5.26. The van der Waals surface area contributed by atoms with Crippen molar-refractivity contribution in [3.63, 3.8) is 0 Å². The Kier molecular flexibility index (Phi) is 4.05. The van der Waals surface area contributed by atoms with Crippen molar-refractivity contribution >= 4 is 6.01 Å². The molecule has 1 N–H and O–H groups in total. The summed E-state index contributed by atoms with van der Waals surface area (Å²) in [5, 5.41) is 3.09. The summed E-state index contributed by atoms with van der Waals surface area (Å²) in [5.41, 5.74) is 0.984. The summed E-state index contributed by atoms with van der Waals surface area (Å²) in [6.45, 7) is 6.34. The third-order valence-corrected chi connectivity index (χ3v) is 3.08. The van der Waals surface area contributed by atoms with E-state index in [1.165, 1.54) is 19.3 Å². The Morgan fingerprint density at radius 1 is 1.53 bits per heavy atom. The molecule has 1 saturated carbocycles. The van der Waals surface area contributed by atoms with Crippen molar-refractivity contribution in [2.45, 2.75) is 45.7 Å². The molecule has 0 amide bonds. The maximum absolute atomic E-state index is 5.59. The number of anilines is 1. The lowest BCUT2D eigenvalue weighted by Gasteiger charge is -2.20. The molecular weight excluding hydrogens is 214 g/mol. The Hall–Kier alpha value is -1.03. The van der Waals surface area contributed by atoms with E-state index in [2.05, 4.69) is 29.0 Å². The van der Waals surface area contributed by atoms with Crippen molar-refractivity contribution in [2.24, 2.45) is 5.92 Å². The van der Waals surface area contributed by atoms with Gasteiger partial charge in [-0.3, -0.25) is 0 Å². The highest BCUT2D eigenvalue weighted by Gasteiger charge is 2.31. The number of hydrogen-bond acceptors (Lipinski definition) is 4. The number of aromatic nitrogens is 1. The van der Waals surface area contributed by atoms with Gasteiger partial charge in [0.1, 0.15) is 6.26 Å². The molecule has 0 aromatic carbocycles. The topological polar surface area (TPSA) is 41.3 Å². The monoisotopic (exact) mass is 237 g/mol. The fraction of sp³-hybridized carbons (Fsp3) is 0.769. The molecule has 1 heterocycles. The van der Waals surface area contributed by atoms with Crippen molar-refractivity contribution in [3.8, 4) is 0 Å².